The average molecular weight is 317 g/mol. The zero-order valence-corrected chi connectivity index (χ0v) is 13.7. The van der Waals surface area contributed by atoms with Crippen molar-refractivity contribution in [3.63, 3.8) is 0 Å². The van der Waals surface area contributed by atoms with E-state index in [9.17, 15) is 4.79 Å². The zero-order chi connectivity index (χ0) is 16.2. The fourth-order valence-corrected chi connectivity index (χ4v) is 3.06. The lowest BCUT2D eigenvalue weighted by atomic mass is 10.1. The highest BCUT2D eigenvalue weighted by molar-refractivity contribution is 5.94. The average Bonchev–Trinajstić information content (AvgIpc) is 3.14. The normalized spacial score (nSPS) is 19.1. The Kier molecular flexibility index (Phi) is 4.73. The molecule has 1 amide bonds. The molecule has 23 heavy (non-hydrogen) atoms. The molecule has 1 fully saturated rings. The molecule has 0 unspecified atom stereocenters. The monoisotopic (exact) mass is 317 g/mol. The lowest BCUT2D eigenvalue weighted by Gasteiger charge is -2.27. The summed E-state index contributed by atoms with van der Waals surface area (Å²) in [7, 11) is 0. The predicted octanol–water partition coefficient (Wildman–Crippen LogP) is 2.68. The number of hydrogen-bond donors (Lipinski definition) is 0. The van der Waals surface area contributed by atoms with Crippen molar-refractivity contribution in [2.45, 2.75) is 52.1 Å². The molecule has 2 aromatic rings. The van der Waals surface area contributed by atoms with Crippen molar-refractivity contribution in [1.29, 1.82) is 0 Å². The van der Waals surface area contributed by atoms with Gasteiger partial charge in [-0.15, -0.1) is 0 Å². The van der Waals surface area contributed by atoms with Gasteiger partial charge in [0.05, 0.1) is 17.8 Å². The second-order valence-electron chi connectivity index (χ2n) is 6.50. The van der Waals surface area contributed by atoms with E-state index >= 15 is 0 Å². The molecule has 7 heteroatoms. The van der Waals surface area contributed by atoms with E-state index in [0.717, 1.165) is 32.2 Å². The van der Waals surface area contributed by atoms with E-state index in [1.807, 2.05) is 15.8 Å². The number of likely N-dealkylation sites (tertiary alicyclic amines) is 1. The molecule has 0 aliphatic carbocycles. The van der Waals surface area contributed by atoms with Crippen molar-refractivity contribution in [3.8, 4) is 0 Å². The highest BCUT2D eigenvalue weighted by Crippen LogP contribution is 2.29. The van der Waals surface area contributed by atoms with Crippen molar-refractivity contribution in [2.75, 3.05) is 6.54 Å². The van der Waals surface area contributed by atoms with Gasteiger partial charge in [0.15, 0.2) is 5.82 Å². The van der Waals surface area contributed by atoms with Crippen molar-refractivity contribution < 1.29 is 9.32 Å². The first kappa shape index (κ1) is 15.7. The summed E-state index contributed by atoms with van der Waals surface area (Å²) in [6.07, 6.45) is 8.86. The van der Waals surface area contributed by atoms with Crippen LogP contribution in [-0.4, -0.2) is 37.3 Å². The van der Waals surface area contributed by atoms with Crippen molar-refractivity contribution in [2.24, 2.45) is 5.92 Å². The summed E-state index contributed by atoms with van der Waals surface area (Å²) in [5.74, 6) is 1.08. The number of carbonyl (C=O) groups is 1. The van der Waals surface area contributed by atoms with Crippen LogP contribution in [0.3, 0.4) is 0 Å². The van der Waals surface area contributed by atoms with E-state index in [1.54, 1.807) is 6.20 Å². The molecule has 124 valence electrons. The van der Waals surface area contributed by atoms with Crippen LogP contribution in [0.1, 0.15) is 61.8 Å². The molecule has 3 rings (SSSR count). The maximum Gasteiger partial charge on any atom is 0.257 e. The Morgan fingerprint density at radius 1 is 1.39 bits per heavy atom. The largest absolute Gasteiger partial charge is 0.343 e. The van der Waals surface area contributed by atoms with E-state index in [0.29, 0.717) is 23.9 Å². The molecule has 0 bridgehead atoms. The van der Waals surface area contributed by atoms with Gasteiger partial charge in [-0.25, -0.2) is 0 Å². The summed E-state index contributed by atoms with van der Waals surface area (Å²) in [5.41, 5.74) is 0.626. The second-order valence-corrected chi connectivity index (χ2v) is 6.50. The Balaban J connectivity index is 1.81. The van der Waals surface area contributed by atoms with Gasteiger partial charge in [-0.1, -0.05) is 31.8 Å². The molecule has 1 aliphatic rings. The highest BCUT2D eigenvalue weighted by Gasteiger charge is 2.30. The molecule has 1 atom stereocenters. The third kappa shape index (κ3) is 3.60. The van der Waals surface area contributed by atoms with Gasteiger partial charge < -0.3 is 9.42 Å². The van der Waals surface area contributed by atoms with E-state index in [2.05, 4.69) is 29.1 Å². The Hall–Kier alpha value is -2.18. The Bertz CT molecular complexity index is 635. The molecule has 2 aromatic heterocycles. The van der Waals surface area contributed by atoms with Gasteiger partial charge in [-0.3, -0.25) is 9.48 Å². The fraction of sp³-hybridized carbons (Fsp3) is 0.625. The van der Waals surface area contributed by atoms with Crippen LogP contribution < -0.4 is 0 Å². The minimum atomic E-state index is -0.114. The fourth-order valence-electron chi connectivity index (χ4n) is 3.06. The summed E-state index contributed by atoms with van der Waals surface area (Å²) >= 11 is 0. The third-order valence-electron chi connectivity index (χ3n) is 4.12. The Morgan fingerprint density at radius 2 is 2.26 bits per heavy atom. The van der Waals surface area contributed by atoms with Gasteiger partial charge in [0.25, 0.3) is 5.91 Å². The van der Waals surface area contributed by atoms with Crippen LogP contribution >= 0.6 is 0 Å². The van der Waals surface area contributed by atoms with Crippen LogP contribution in [-0.2, 0) is 6.54 Å². The van der Waals surface area contributed by atoms with Crippen LogP contribution in [0, 0.1) is 5.92 Å². The number of hydrogen-bond acceptors (Lipinski definition) is 5. The zero-order valence-electron chi connectivity index (χ0n) is 13.7. The van der Waals surface area contributed by atoms with Crippen molar-refractivity contribution in [1.82, 2.24) is 24.8 Å². The predicted molar refractivity (Wildman–Crippen MR) is 83.6 cm³/mol. The molecule has 0 aromatic carbocycles. The SMILES string of the molecule is CC(C)Cn1cc(C(=O)N2CCCCC[C@H]2c2ncon2)cn1. The van der Waals surface area contributed by atoms with E-state index < -0.39 is 0 Å². The van der Waals surface area contributed by atoms with Gasteiger partial charge in [-0.2, -0.15) is 10.1 Å². The topological polar surface area (TPSA) is 77.0 Å². The molecule has 3 heterocycles. The van der Waals surface area contributed by atoms with Crippen molar-refractivity contribution in [3.05, 3.63) is 30.2 Å². The molecule has 7 nitrogen and oxygen atoms in total. The number of nitrogens with zero attached hydrogens (tertiary/aromatic N) is 5. The number of aromatic nitrogens is 4. The van der Waals surface area contributed by atoms with Crippen molar-refractivity contribution >= 4 is 5.91 Å². The number of amides is 1. The van der Waals surface area contributed by atoms with Gasteiger partial charge in [0.2, 0.25) is 6.39 Å². The molecular formula is C16H23N5O2. The number of rotatable bonds is 4. The van der Waals surface area contributed by atoms with Crippen LogP contribution in [0.4, 0.5) is 0 Å². The molecule has 0 spiro atoms. The molecule has 0 saturated carbocycles. The Labute approximate surface area is 135 Å². The van der Waals surface area contributed by atoms with E-state index in [1.165, 1.54) is 6.39 Å². The maximum absolute atomic E-state index is 12.9. The minimum Gasteiger partial charge on any atom is -0.343 e. The summed E-state index contributed by atoms with van der Waals surface area (Å²) < 4.78 is 6.71. The van der Waals surface area contributed by atoms with Crippen LogP contribution in [0.2, 0.25) is 0 Å². The first-order valence-electron chi connectivity index (χ1n) is 8.25. The van der Waals surface area contributed by atoms with Crippen LogP contribution in [0.15, 0.2) is 23.3 Å². The molecule has 0 radical (unpaired) electrons. The second kappa shape index (κ2) is 6.93. The summed E-state index contributed by atoms with van der Waals surface area (Å²) in [4.78, 5) is 19.0. The molecular weight excluding hydrogens is 294 g/mol. The van der Waals surface area contributed by atoms with E-state index in [-0.39, 0.29) is 11.9 Å². The van der Waals surface area contributed by atoms with Gasteiger partial charge in [0.1, 0.15) is 0 Å². The van der Waals surface area contributed by atoms with Crippen LogP contribution in [0.25, 0.3) is 0 Å². The first-order valence-corrected chi connectivity index (χ1v) is 8.25. The first-order chi connectivity index (χ1) is 11.1. The standard InChI is InChI=1S/C16H23N5O2/c1-12(2)9-20-10-13(8-18-20)16(22)21-7-5-3-4-6-14(21)15-17-11-23-19-15/h8,10-12,14H,3-7,9H2,1-2H3/t14-/m0/s1. The van der Waals surface area contributed by atoms with Gasteiger partial charge in [-0.05, 0) is 18.8 Å². The lowest BCUT2D eigenvalue weighted by molar-refractivity contribution is 0.0670. The molecule has 0 N–H and O–H groups in total. The Morgan fingerprint density at radius 3 is 3.00 bits per heavy atom. The third-order valence-corrected chi connectivity index (χ3v) is 4.12. The van der Waals surface area contributed by atoms with Gasteiger partial charge in [0, 0.05) is 19.3 Å². The number of carbonyl (C=O) groups excluding carboxylic acids is 1. The highest BCUT2D eigenvalue weighted by atomic mass is 16.5. The quantitative estimate of drug-likeness (QED) is 0.866. The van der Waals surface area contributed by atoms with E-state index in [4.69, 9.17) is 4.52 Å². The minimum absolute atomic E-state index is 0.00305. The maximum atomic E-state index is 12.9. The molecule has 1 saturated heterocycles. The summed E-state index contributed by atoms with van der Waals surface area (Å²) in [6.45, 7) is 5.78. The van der Waals surface area contributed by atoms with Crippen LogP contribution in [0.5, 0.6) is 0 Å². The summed E-state index contributed by atoms with van der Waals surface area (Å²) in [6, 6.07) is -0.114. The van der Waals surface area contributed by atoms with Gasteiger partial charge >= 0.3 is 0 Å². The molecule has 1 aliphatic heterocycles. The smallest absolute Gasteiger partial charge is 0.257 e. The summed E-state index contributed by atoms with van der Waals surface area (Å²) in [5, 5.41) is 8.25. The lowest BCUT2D eigenvalue weighted by Crippen LogP contribution is -2.35.